The van der Waals surface area contributed by atoms with Gasteiger partial charge in [0.1, 0.15) is 23.3 Å². The zero-order chi connectivity index (χ0) is 22.9. The minimum atomic E-state index is -0.278. The van der Waals surface area contributed by atoms with E-state index in [1.54, 1.807) is 25.4 Å². The third kappa shape index (κ3) is 4.17. The van der Waals surface area contributed by atoms with Crippen molar-refractivity contribution in [3.63, 3.8) is 0 Å². The standard InChI is InChI=1S/C25H19Cl2N3O2S/c1-31-17-6-4-5-16(14-17)30-24(23(29-25(30)33)20-7-2-3-12-28-20)22-11-10-21(32-22)18-9-8-15(26)13-19(18)27/h2-14,23-24H,1H3,(H,29,33)/t23-,24-/m1/s1. The maximum absolute atomic E-state index is 6.43. The van der Waals surface area contributed by atoms with E-state index in [2.05, 4.69) is 10.3 Å². The number of nitrogens with one attached hydrogen (secondary N) is 1. The van der Waals surface area contributed by atoms with Crippen LogP contribution in [0.3, 0.4) is 0 Å². The van der Waals surface area contributed by atoms with Crippen LogP contribution in [0.1, 0.15) is 23.5 Å². The lowest BCUT2D eigenvalue weighted by Gasteiger charge is -2.26. The molecule has 33 heavy (non-hydrogen) atoms. The molecule has 3 heterocycles. The average Bonchev–Trinajstić information content (AvgIpc) is 3.44. The van der Waals surface area contributed by atoms with Crippen molar-refractivity contribution in [3.05, 3.63) is 100 Å². The Labute approximate surface area is 206 Å². The maximum atomic E-state index is 6.43. The van der Waals surface area contributed by atoms with Crippen molar-refractivity contribution in [2.75, 3.05) is 12.0 Å². The lowest BCUT2D eigenvalue weighted by atomic mass is 10.0. The predicted octanol–water partition coefficient (Wildman–Crippen LogP) is 6.83. The summed E-state index contributed by atoms with van der Waals surface area (Å²) in [7, 11) is 1.64. The molecule has 1 fully saturated rings. The summed E-state index contributed by atoms with van der Waals surface area (Å²) < 4.78 is 11.8. The number of anilines is 1. The smallest absolute Gasteiger partial charge is 0.174 e. The molecule has 2 aromatic heterocycles. The Kier molecular flexibility index (Phi) is 5.98. The highest BCUT2D eigenvalue weighted by Gasteiger charge is 2.42. The monoisotopic (exact) mass is 495 g/mol. The molecular formula is C25H19Cl2N3O2S. The molecule has 2 aromatic carbocycles. The highest BCUT2D eigenvalue weighted by Crippen LogP contribution is 2.44. The minimum Gasteiger partial charge on any atom is -0.497 e. The Morgan fingerprint density at radius 1 is 1.03 bits per heavy atom. The molecular weight excluding hydrogens is 477 g/mol. The molecule has 0 spiro atoms. The summed E-state index contributed by atoms with van der Waals surface area (Å²) in [6.07, 6.45) is 1.77. The van der Waals surface area contributed by atoms with Gasteiger partial charge in [-0.2, -0.15) is 0 Å². The van der Waals surface area contributed by atoms with Crippen molar-refractivity contribution in [2.24, 2.45) is 0 Å². The van der Waals surface area contributed by atoms with Crippen LogP contribution in [0, 0.1) is 0 Å². The number of thiocarbonyl (C=S) groups is 1. The third-order valence-corrected chi connectivity index (χ3v) is 6.41. The summed E-state index contributed by atoms with van der Waals surface area (Å²) in [5.41, 5.74) is 2.51. The van der Waals surface area contributed by atoms with Crippen LogP contribution in [0.4, 0.5) is 5.69 Å². The van der Waals surface area contributed by atoms with Gasteiger partial charge in [0, 0.05) is 28.5 Å². The molecule has 0 bridgehead atoms. The first-order valence-corrected chi connectivity index (χ1v) is 11.4. The molecule has 5 rings (SSSR count). The molecule has 8 heteroatoms. The number of hydrogen-bond donors (Lipinski definition) is 1. The van der Waals surface area contributed by atoms with Gasteiger partial charge in [-0.05, 0) is 66.8 Å². The summed E-state index contributed by atoms with van der Waals surface area (Å²) in [4.78, 5) is 6.60. The Balaban J connectivity index is 1.61. The van der Waals surface area contributed by atoms with E-state index >= 15 is 0 Å². The summed E-state index contributed by atoms with van der Waals surface area (Å²) >= 11 is 18.3. The Bertz CT molecular complexity index is 1310. The zero-order valence-electron chi connectivity index (χ0n) is 17.5. The van der Waals surface area contributed by atoms with E-state index in [-0.39, 0.29) is 12.1 Å². The Morgan fingerprint density at radius 3 is 2.67 bits per heavy atom. The molecule has 1 N–H and O–H groups in total. The number of ether oxygens (including phenoxy) is 1. The van der Waals surface area contributed by atoms with E-state index in [0.29, 0.717) is 20.9 Å². The van der Waals surface area contributed by atoms with Crippen LogP contribution in [-0.2, 0) is 0 Å². The number of aromatic nitrogens is 1. The summed E-state index contributed by atoms with van der Waals surface area (Å²) in [5, 5.41) is 5.09. The van der Waals surface area contributed by atoms with Gasteiger partial charge in [0.25, 0.3) is 0 Å². The van der Waals surface area contributed by atoms with Gasteiger partial charge in [-0.3, -0.25) is 4.98 Å². The Hall–Kier alpha value is -3.06. The molecule has 0 unspecified atom stereocenters. The van der Waals surface area contributed by atoms with Crippen LogP contribution >= 0.6 is 35.4 Å². The minimum absolute atomic E-state index is 0.218. The number of halogens is 2. The van der Waals surface area contributed by atoms with Crippen molar-refractivity contribution < 1.29 is 9.15 Å². The molecule has 166 valence electrons. The fraction of sp³-hybridized carbons (Fsp3) is 0.120. The molecule has 1 aliphatic rings. The van der Waals surface area contributed by atoms with Crippen molar-refractivity contribution in [3.8, 4) is 17.1 Å². The first-order chi connectivity index (χ1) is 16.0. The maximum Gasteiger partial charge on any atom is 0.174 e. The van der Waals surface area contributed by atoms with E-state index in [1.165, 1.54) is 0 Å². The van der Waals surface area contributed by atoms with Gasteiger partial charge < -0.3 is 19.4 Å². The van der Waals surface area contributed by atoms with E-state index in [9.17, 15) is 0 Å². The van der Waals surface area contributed by atoms with Crippen LogP contribution in [0.25, 0.3) is 11.3 Å². The fourth-order valence-electron chi connectivity index (χ4n) is 4.03. The number of benzene rings is 2. The lowest BCUT2D eigenvalue weighted by Crippen LogP contribution is -2.29. The number of furan rings is 1. The second kappa shape index (κ2) is 9.06. The number of pyridine rings is 1. The SMILES string of the molecule is COc1cccc(N2C(=S)N[C@H](c3ccccn3)[C@H]2c2ccc(-c3ccc(Cl)cc3Cl)o2)c1. The van der Waals surface area contributed by atoms with Crippen molar-refractivity contribution in [2.45, 2.75) is 12.1 Å². The molecule has 0 aliphatic carbocycles. The van der Waals surface area contributed by atoms with Gasteiger partial charge in [-0.1, -0.05) is 35.3 Å². The van der Waals surface area contributed by atoms with Crippen molar-refractivity contribution >= 4 is 46.2 Å². The number of hydrogen-bond acceptors (Lipinski definition) is 4. The Morgan fingerprint density at radius 2 is 1.91 bits per heavy atom. The van der Waals surface area contributed by atoms with Crippen LogP contribution < -0.4 is 15.0 Å². The van der Waals surface area contributed by atoms with Crippen LogP contribution in [-0.4, -0.2) is 17.2 Å². The molecule has 0 saturated carbocycles. The molecule has 5 nitrogen and oxygen atoms in total. The second-order valence-electron chi connectivity index (χ2n) is 7.52. The van der Waals surface area contributed by atoms with E-state index in [1.807, 2.05) is 65.6 Å². The molecule has 2 atom stereocenters. The van der Waals surface area contributed by atoms with Crippen LogP contribution in [0.2, 0.25) is 10.0 Å². The normalized spacial score (nSPS) is 17.8. The van der Waals surface area contributed by atoms with Crippen molar-refractivity contribution in [1.82, 2.24) is 10.3 Å². The first kappa shape index (κ1) is 21.8. The summed E-state index contributed by atoms with van der Waals surface area (Å²) in [5.74, 6) is 2.11. The second-order valence-corrected chi connectivity index (χ2v) is 8.75. The van der Waals surface area contributed by atoms with E-state index in [4.69, 9.17) is 44.6 Å². The van der Waals surface area contributed by atoms with E-state index in [0.717, 1.165) is 28.5 Å². The number of rotatable bonds is 5. The quantitative estimate of drug-likeness (QED) is 0.306. The van der Waals surface area contributed by atoms with Gasteiger partial charge in [-0.15, -0.1) is 0 Å². The number of nitrogens with zero attached hydrogens (tertiary/aromatic N) is 2. The van der Waals surface area contributed by atoms with Crippen molar-refractivity contribution in [1.29, 1.82) is 0 Å². The van der Waals surface area contributed by atoms with Gasteiger partial charge in [-0.25, -0.2) is 0 Å². The van der Waals surface area contributed by atoms with Gasteiger partial charge in [0.15, 0.2) is 5.11 Å². The predicted molar refractivity (Wildman–Crippen MR) is 135 cm³/mol. The topological polar surface area (TPSA) is 50.5 Å². The van der Waals surface area contributed by atoms with Gasteiger partial charge in [0.2, 0.25) is 0 Å². The average molecular weight is 496 g/mol. The summed E-state index contributed by atoms with van der Waals surface area (Å²) in [6, 6.07) is 22.3. The van der Waals surface area contributed by atoms with Crippen LogP contribution in [0.5, 0.6) is 5.75 Å². The van der Waals surface area contributed by atoms with Gasteiger partial charge in [0.05, 0.1) is 23.9 Å². The number of methoxy groups -OCH3 is 1. The molecule has 0 amide bonds. The molecule has 1 saturated heterocycles. The fourth-order valence-corrected chi connectivity index (χ4v) is 4.88. The van der Waals surface area contributed by atoms with Gasteiger partial charge >= 0.3 is 0 Å². The highest BCUT2D eigenvalue weighted by atomic mass is 35.5. The van der Waals surface area contributed by atoms with E-state index < -0.39 is 0 Å². The zero-order valence-corrected chi connectivity index (χ0v) is 19.9. The summed E-state index contributed by atoms with van der Waals surface area (Å²) in [6.45, 7) is 0. The largest absolute Gasteiger partial charge is 0.497 e. The van der Waals surface area contributed by atoms with Crippen LogP contribution in [0.15, 0.2) is 83.4 Å². The third-order valence-electron chi connectivity index (χ3n) is 5.54. The molecule has 1 aliphatic heterocycles. The highest BCUT2D eigenvalue weighted by molar-refractivity contribution is 7.80. The lowest BCUT2D eigenvalue weighted by molar-refractivity contribution is 0.414. The molecule has 4 aromatic rings. The molecule has 0 radical (unpaired) electrons. The first-order valence-electron chi connectivity index (χ1n) is 10.2.